The third-order valence-corrected chi connectivity index (χ3v) is 3.22. The number of hydrogen-bond acceptors (Lipinski definition) is 7. The van der Waals surface area contributed by atoms with E-state index in [0.717, 1.165) is 0 Å². The summed E-state index contributed by atoms with van der Waals surface area (Å²) in [6, 6.07) is 4.54. The molecular weight excluding hydrogens is 302 g/mol. The van der Waals surface area contributed by atoms with E-state index in [1.54, 1.807) is 18.2 Å². The van der Waals surface area contributed by atoms with Crippen LogP contribution in [0, 0.1) is 0 Å². The molecule has 1 atom stereocenters. The van der Waals surface area contributed by atoms with Crippen LogP contribution in [0.5, 0.6) is 0 Å². The highest BCUT2D eigenvalue weighted by atomic mass is 16.5. The molecule has 0 aliphatic carbocycles. The van der Waals surface area contributed by atoms with Crippen molar-refractivity contribution in [3.8, 4) is 11.4 Å². The third kappa shape index (κ3) is 3.67. The van der Waals surface area contributed by atoms with E-state index in [-0.39, 0.29) is 18.9 Å². The fraction of sp³-hybridized carbons (Fsp3) is 0.267. The zero-order valence-corrected chi connectivity index (χ0v) is 12.1. The first-order chi connectivity index (χ1) is 11.3. The number of amides is 1. The Morgan fingerprint density at radius 3 is 2.96 bits per heavy atom. The fourth-order valence-electron chi connectivity index (χ4n) is 2.05. The highest BCUT2D eigenvalue weighted by molar-refractivity contribution is 5.76. The molecule has 8 heteroatoms. The summed E-state index contributed by atoms with van der Waals surface area (Å²) < 4.78 is 15.2. The van der Waals surface area contributed by atoms with E-state index in [1.807, 2.05) is 0 Å². The van der Waals surface area contributed by atoms with Crippen molar-refractivity contribution in [3.63, 3.8) is 0 Å². The van der Waals surface area contributed by atoms with E-state index < -0.39 is 6.04 Å². The van der Waals surface area contributed by atoms with Crippen molar-refractivity contribution >= 4 is 5.91 Å². The molecule has 0 bridgehead atoms. The van der Waals surface area contributed by atoms with Crippen molar-refractivity contribution in [2.75, 3.05) is 6.61 Å². The molecule has 0 radical (unpaired) electrons. The normalized spacial score (nSPS) is 12.2. The molecule has 120 valence electrons. The second kappa shape index (κ2) is 6.93. The Balaban J connectivity index is 1.53. The molecule has 0 fully saturated rings. The number of carbonyl (C=O) groups is 1. The predicted octanol–water partition coefficient (Wildman–Crippen LogP) is 1.70. The fourth-order valence-corrected chi connectivity index (χ4v) is 2.05. The van der Waals surface area contributed by atoms with Crippen LogP contribution in [-0.4, -0.2) is 27.8 Å². The Kier molecular flexibility index (Phi) is 4.53. The Bertz CT molecular complexity index is 733. The molecule has 3 rings (SSSR count). The molecule has 0 saturated carbocycles. The molecule has 0 aromatic carbocycles. The van der Waals surface area contributed by atoms with Gasteiger partial charge in [-0.15, -0.1) is 0 Å². The molecule has 23 heavy (non-hydrogen) atoms. The number of aryl methyl sites for hydroxylation is 1. The Morgan fingerprint density at radius 1 is 1.35 bits per heavy atom. The average molecular weight is 317 g/mol. The van der Waals surface area contributed by atoms with Crippen molar-refractivity contribution in [1.82, 2.24) is 15.5 Å². The molecule has 0 spiro atoms. The number of aliphatic hydroxyl groups is 1. The summed E-state index contributed by atoms with van der Waals surface area (Å²) in [6.45, 7) is -0.246. The van der Waals surface area contributed by atoms with Crippen LogP contribution in [0.1, 0.15) is 24.1 Å². The van der Waals surface area contributed by atoms with Gasteiger partial charge in [0, 0.05) is 12.8 Å². The van der Waals surface area contributed by atoms with Gasteiger partial charge in [-0.25, -0.2) is 0 Å². The summed E-state index contributed by atoms with van der Waals surface area (Å²) in [4.78, 5) is 16.1. The van der Waals surface area contributed by atoms with Gasteiger partial charge in [0.05, 0.1) is 24.7 Å². The number of hydrogen-bond donors (Lipinski definition) is 2. The van der Waals surface area contributed by atoms with Gasteiger partial charge in [0.2, 0.25) is 17.6 Å². The zero-order valence-electron chi connectivity index (χ0n) is 12.1. The zero-order chi connectivity index (χ0) is 16.1. The van der Waals surface area contributed by atoms with Crippen molar-refractivity contribution in [1.29, 1.82) is 0 Å². The summed E-state index contributed by atoms with van der Waals surface area (Å²) in [5.74, 6) is 1.03. The van der Waals surface area contributed by atoms with Crippen molar-refractivity contribution in [3.05, 3.63) is 48.6 Å². The molecule has 1 amide bonds. The Hall–Kier alpha value is -2.87. The lowest BCUT2D eigenvalue weighted by atomic mass is 10.2. The van der Waals surface area contributed by atoms with E-state index >= 15 is 0 Å². The minimum Gasteiger partial charge on any atom is -0.472 e. The highest BCUT2D eigenvalue weighted by Crippen LogP contribution is 2.16. The monoisotopic (exact) mass is 317 g/mol. The number of aliphatic hydroxyl groups excluding tert-OH is 1. The lowest BCUT2D eigenvalue weighted by Crippen LogP contribution is -2.30. The van der Waals surface area contributed by atoms with Gasteiger partial charge in [0.15, 0.2) is 0 Å². The smallest absolute Gasteiger partial charge is 0.227 e. The van der Waals surface area contributed by atoms with Crippen molar-refractivity contribution in [2.45, 2.75) is 18.9 Å². The van der Waals surface area contributed by atoms with Gasteiger partial charge in [-0.2, -0.15) is 4.98 Å². The summed E-state index contributed by atoms with van der Waals surface area (Å²) in [7, 11) is 0. The van der Waals surface area contributed by atoms with Crippen LogP contribution in [-0.2, 0) is 11.2 Å². The number of rotatable bonds is 7. The SMILES string of the molecule is O=C(CCc1nc(-c2ccoc2)no1)NC(CO)c1ccco1. The van der Waals surface area contributed by atoms with Crippen LogP contribution in [0.25, 0.3) is 11.4 Å². The van der Waals surface area contributed by atoms with Crippen molar-refractivity contribution < 1.29 is 23.3 Å². The number of nitrogens with zero attached hydrogens (tertiary/aromatic N) is 2. The summed E-state index contributed by atoms with van der Waals surface area (Å²) >= 11 is 0. The molecule has 0 aliphatic heterocycles. The topological polar surface area (TPSA) is 115 Å². The second-order valence-corrected chi connectivity index (χ2v) is 4.84. The summed E-state index contributed by atoms with van der Waals surface area (Å²) in [5.41, 5.74) is 0.711. The minimum atomic E-state index is -0.568. The lowest BCUT2D eigenvalue weighted by Gasteiger charge is -2.13. The predicted molar refractivity (Wildman–Crippen MR) is 77.0 cm³/mol. The maximum atomic E-state index is 11.9. The van der Waals surface area contributed by atoms with E-state index in [4.69, 9.17) is 13.4 Å². The number of aromatic nitrogens is 2. The molecule has 3 aromatic heterocycles. The second-order valence-electron chi connectivity index (χ2n) is 4.84. The van der Waals surface area contributed by atoms with Gasteiger partial charge in [-0.1, -0.05) is 5.16 Å². The standard InChI is InChI=1S/C15H15N3O5/c19-8-11(12-2-1-6-22-12)16-13(20)3-4-14-17-15(18-23-14)10-5-7-21-9-10/h1-2,5-7,9,11,19H,3-4,8H2,(H,16,20). The van der Waals surface area contributed by atoms with Crippen LogP contribution in [0.3, 0.4) is 0 Å². The van der Waals surface area contributed by atoms with Crippen LogP contribution < -0.4 is 5.32 Å². The van der Waals surface area contributed by atoms with Crippen molar-refractivity contribution in [2.24, 2.45) is 0 Å². The highest BCUT2D eigenvalue weighted by Gasteiger charge is 2.17. The van der Waals surface area contributed by atoms with Crippen LogP contribution in [0.15, 0.2) is 50.3 Å². The molecule has 3 heterocycles. The van der Waals surface area contributed by atoms with E-state index in [2.05, 4.69) is 15.5 Å². The Labute approximate surface area is 131 Å². The third-order valence-electron chi connectivity index (χ3n) is 3.22. The van der Waals surface area contributed by atoms with Gasteiger partial charge >= 0.3 is 0 Å². The quantitative estimate of drug-likeness (QED) is 0.681. The van der Waals surface area contributed by atoms with Crippen LogP contribution in [0.2, 0.25) is 0 Å². The molecule has 1 unspecified atom stereocenters. The summed E-state index contributed by atoms with van der Waals surface area (Å²) in [5, 5.41) is 15.8. The molecule has 0 aliphatic rings. The van der Waals surface area contributed by atoms with Gasteiger partial charge in [-0.05, 0) is 18.2 Å². The molecule has 3 aromatic rings. The maximum absolute atomic E-state index is 11.9. The van der Waals surface area contributed by atoms with Gasteiger partial charge in [0.1, 0.15) is 18.1 Å². The Morgan fingerprint density at radius 2 is 2.26 bits per heavy atom. The molecular formula is C15H15N3O5. The largest absolute Gasteiger partial charge is 0.472 e. The van der Waals surface area contributed by atoms with E-state index in [9.17, 15) is 9.90 Å². The van der Waals surface area contributed by atoms with Gasteiger partial charge in [-0.3, -0.25) is 4.79 Å². The van der Waals surface area contributed by atoms with Gasteiger partial charge < -0.3 is 23.8 Å². The molecule has 8 nitrogen and oxygen atoms in total. The first kappa shape index (κ1) is 15.0. The first-order valence-electron chi connectivity index (χ1n) is 7.05. The van der Waals surface area contributed by atoms with E-state index in [1.165, 1.54) is 18.8 Å². The first-order valence-corrected chi connectivity index (χ1v) is 7.05. The van der Waals surface area contributed by atoms with Crippen LogP contribution >= 0.6 is 0 Å². The number of carbonyl (C=O) groups excluding carboxylic acids is 1. The lowest BCUT2D eigenvalue weighted by molar-refractivity contribution is -0.122. The number of nitrogens with one attached hydrogen (secondary N) is 1. The summed E-state index contributed by atoms with van der Waals surface area (Å²) in [6.07, 6.45) is 4.97. The van der Waals surface area contributed by atoms with Gasteiger partial charge in [0.25, 0.3) is 0 Å². The van der Waals surface area contributed by atoms with E-state index in [0.29, 0.717) is 29.5 Å². The molecule has 2 N–H and O–H groups in total. The maximum Gasteiger partial charge on any atom is 0.227 e. The minimum absolute atomic E-state index is 0.157. The number of furan rings is 2. The average Bonchev–Trinajstić information content (AvgIpc) is 3.32. The molecule has 0 saturated heterocycles. The van der Waals surface area contributed by atoms with Crippen LogP contribution in [0.4, 0.5) is 0 Å².